The van der Waals surface area contributed by atoms with Gasteiger partial charge in [-0.2, -0.15) is 4.31 Å². The fourth-order valence-corrected chi connectivity index (χ4v) is 6.34. The molecule has 0 bridgehead atoms. The lowest BCUT2D eigenvalue weighted by Gasteiger charge is -2.39. The molecule has 3 aliphatic heterocycles. The normalized spacial score (nSPS) is 28.1. The van der Waals surface area contributed by atoms with Crippen molar-refractivity contribution in [1.29, 1.82) is 0 Å². The summed E-state index contributed by atoms with van der Waals surface area (Å²) >= 11 is 0. The molecule has 3 saturated heterocycles. The second-order valence-corrected chi connectivity index (χ2v) is 10.3. The molecule has 9 heteroatoms. The average molecular weight is 436 g/mol. The smallest absolute Gasteiger partial charge is 0.253 e. The molecule has 3 fully saturated rings. The Morgan fingerprint density at radius 3 is 2.30 bits per heavy atom. The third-order valence-corrected chi connectivity index (χ3v) is 8.01. The Labute approximate surface area is 177 Å². The summed E-state index contributed by atoms with van der Waals surface area (Å²) < 4.78 is 31.8. The number of likely N-dealkylation sites (tertiary alicyclic amines) is 1. The lowest BCUT2D eigenvalue weighted by Crippen LogP contribution is -2.54. The number of amides is 2. The van der Waals surface area contributed by atoms with Crippen LogP contribution >= 0.6 is 0 Å². The van der Waals surface area contributed by atoms with Gasteiger partial charge in [-0.1, -0.05) is 18.2 Å². The van der Waals surface area contributed by atoms with Crippen LogP contribution in [0.5, 0.6) is 0 Å². The summed E-state index contributed by atoms with van der Waals surface area (Å²) in [6.45, 7) is 3.28. The van der Waals surface area contributed by atoms with E-state index in [0.29, 0.717) is 70.8 Å². The summed E-state index contributed by atoms with van der Waals surface area (Å²) in [7, 11) is -3.45. The van der Waals surface area contributed by atoms with Gasteiger partial charge in [0, 0.05) is 44.3 Å². The Kier molecular flexibility index (Phi) is 5.87. The van der Waals surface area contributed by atoms with Crippen molar-refractivity contribution >= 4 is 21.8 Å². The highest BCUT2D eigenvalue weighted by molar-refractivity contribution is 7.88. The van der Waals surface area contributed by atoms with Gasteiger partial charge in [0.05, 0.1) is 24.9 Å². The second-order valence-electron chi connectivity index (χ2n) is 8.40. The van der Waals surface area contributed by atoms with Crippen molar-refractivity contribution in [3.8, 4) is 0 Å². The molecule has 3 aliphatic rings. The largest absolute Gasteiger partial charge is 0.378 e. The van der Waals surface area contributed by atoms with Gasteiger partial charge in [-0.05, 0) is 31.4 Å². The Hall–Kier alpha value is -1.97. The molecule has 164 valence electrons. The highest BCUT2D eigenvalue weighted by Gasteiger charge is 2.57. The van der Waals surface area contributed by atoms with Gasteiger partial charge in [0.25, 0.3) is 5.91 Å². The van der Waals surface area contributed by atoms with Crippen molar-refractivity contribution < 1.29 is 22.7 Å². The third-order valence-electron chi connectivity index (χ3n) is 6.72. The van der Waals surface area contributed by atoms with Crippen LogP contribution in [0.25, 0.3) is 0 Å². The van der Waals surface area contributed by atoms with E-state index in [0.717, 1.165) is 0 Å². The first-order valence-corrected chi connectivity index (χ1v) is 12.4. The maximum atomic E-state index is 13.7. The summed E-state index contributed by atoms with van der Waals surface area (Å²) in [6.07, 6.45) is 2.63. The molecule has 0 saturated carbocycles. The SMILES string of the molecule is CS(=O)(=O)N1CC[C@]2(C(=O)N3CCOCC3)CCN(C(=O)c3ccccc3)CC[C@H]12. The standard InChI is InChI=1S/C21H29N3O5S/c1-30(27,28)24-12-9-21(20(26)23-13-15-29-16-14-23)8-11-22(10-7-18(21)24)19(25)17-5-3-2-4-6-17/h2-6,18H,7-16H2,1H3/t18-,21+/m0/s1. The Morgan fingerprint density at radius 2 is 1.63 bits per heavy atom. The number of hydrogen-bond donors (Lipinski definition) is 0. The van der Waals surface area contributed by atoms with Crippen LogP contribution in [-0.4, -0.2) is 92.6 Å². The second kappa shape index (κ2) is 8.28. The molecule has 3 heterocycles. The molecule has 2 atom stereocenters. The van der Waals surface area contributed by atoms with Crippen molar-refractivity contribution in [2.45, 2.75) is 25.3 Å². The Bertz CT molecular complexity index is 900. The minimum atomic E-state index is -3.45. The van der Waals surface area contributed by atoms with Gasteiger partial charge in [-0.3, -0.25) is 9.59 Å². The number of ether oxygens (including phenoxy) is 1. The lowest BCUT2D eigenvalue weighted by atomic mass is 9.75. The number of morpholine rings is 1. The lowest BCUT2D eigenvalue weighted by molar-refractivity contribution is -0.147. The molecular weight excluding hydrogens is 406 g/mol. The molecule has 0 aromatic heterocycles. The number of fused-ring (bicyclic) bond motifs is 1. The summed E-state index contributed by atoms with van der Waals surface area (Å²) in [5.74, 6) is -0.0635. The Balaban J connectivity index is 1.63. The number of carbonyl (C=O) groups is 2. The van der Waals surface area contributed by atoms with Crippen LogP contribution in [0.2, 0.25) is 0 Å². The zero-order valence-corrected chi connectivity index (χ0v) is 18.1. The molecule has 0 unspecified atom stereocenters. The third kappa shape index (κ3) is 3.86. The summed E-state index contributed by atoms with van der Waals surface area (Å²) in [5.41, 5.74) is -0.176. The maximum absolute atomic E-state index is 13.7. The van der Waals surface area contributed by atoms with E-state index in [2.05, 4.69) is 0 Å². The highest BCUT2D eigenvalue weighted by atomic mass is 32.2. The number of nitrogens with zero attached hydrogens (tertiary/aromatic N) is 3. The minimum absolute atomic E-state index is 0.0101. The van der Waals surface area contributed by atoms with Gasteiger partial charge in [0.1, 0.15) is 0 Å². The van der Waals surface area contributed by atoms with Gasteiger partial charge in [-0.25, -0.2) is 8.42 Å². The van der Waals surface area contributed by atoms with Crippen molar-refractivity contribution in [3.63, 3.8) is 0 Å². The van der Waals surface area contributed by atoms with E-state index in [9.17, 15) is 18.0 Å². The summed E-state index contributed by atoms with van der Waals surface area (Å²) in [6, 6.07) is 8.67. The van der Waals surface area contributed by atoms with Crippen LogP contribution in [-0.2, 0) is 19.6 Å². The predicted octanol–water partition coefficient (Wildman–Crippen LogP) is 0.802. The summed E-state index contributed by atoms with van der Waals surface area (Å²) in [4.78, 5) is 30.3. The molecule has 4 rings (SSSR count). The van der Waals surface area contributed by atoms with E-state index in [1.54, 1.807) is 17.0 Å². The number of sulfonamides is 1. The van der Waals surface area contributed by atoms with Crippen LogP contribution in [0.1, 0.15) is 29.6 Å². The number of hydrogen-bond acceptors (Lipinski definition) is 5. The van der Waals surface area contributed by atoms with E-state index in [4.69, 9.17) is 4.74 Å². The van der Waals surface area contributed by atoms with Gasteiger partial charge < -0.3 is 14.5 Å². The quantitative estimate of drug-likeness (QED) is 0.701. The molecule has 30 heavy (non-hydrogen) atoms. The van der Waals surface area contributed by atoms with Gasteiger partial charge in [-0.15, -0.1) is 0 Å². The average Bonchev–Trinajstić information content (AvgIpc) is 3.04. The first kappa shape index (κ1) is 21.3. The van der Waals surface area contributed by atoms with E-state index in [-0.39, 0.29) is 11.8 Å². The van der Waals surface area contributed by atoms with Crippen LogP contribution in [0.15, 0.2) is 30.3 Å². The highest BCUT2D eigenvalue weighted by Crippen LogP contribution is 2.46. The first-order chi connectivity index (χ1) is 14.3. The molecule has 1 aromatic rings. The van der Waals surface area contributed by atoms with Gasteiger partial charge in [0.15, 0.2) is 0 Å². The maximum Gasteiger partial charge on any atom is 0.253 e. The zero-order valence-electron chi connectivity index (χ0n) is 17.3. The number of rotatable bonds is 3. The van der Waals surface area contributed by atoms with Crippen LogP contribution in [0.3, 0.4) is 0 Å². The zero-order chi connectivity index (χ0) is 21.4. The van der Waals surface area contributed by atoms with Crippen LogP contribution in [0.4, 0.5) is 0 Å². The first-order valence-electron chi connectivity index (χ1n) is 10.5. The monoisotopic (exact) mass is 435 g/mol. The number of benzene rings is 1. The molecule has 8 nitrogen and oxygen atoms in total. The Morgan fingerprint density at radius 1 is 0.967 bits per heavy atom. The molecule has 0 aliphatic carbocycles. The van der Waals surface area contributed by atoms with E-state index >= 15 is 0 Å². The molecule has 1 aromatic carbocycles. The summed E-state index contributed by atoms with van der Waals surface area (Å²) in [5, 5.41) is 0. The number of carbonyl (C=O) groups excluding carboxylic acids is 2. The molecular formula is C21H29N3O5S. The topological polar surface area (TPSA) is 87.2 Å². The van der Waals surface area contributed by atoms with Crippen molar-refractivity contribution in [2.24, 2.45) is 5.41 Å². The van der Waals surface area contributed by atoms with Crippen LogP contribution < -0.4 is 0 Å². The van der Waals surface area contributed by atoms with E-state index in [1.165, 1.54) is 10.6 Å². The molecule has 0 radical (unpaired) electrons. The van der Waals surface area contributed by atoms with Gasteiger partial charge >= 0.3 is 0 Å². The molecule has 0 spiro atoms. The van der Waals surface area contributed by atoms with Crippen LogP contribution in [0, 0.1) is 5.41 Å². The molecule has 2 amide bonds. The molecule has 0 N–H and O–H groups in total. The fourth-order valence-electron chi connectivity index (χ4n) is 5.15. The van der Waals surface area contributed by atoms with Crippen molar-refractivity contribution in [2.75, 3.05) is 52.2 Å². The van der Waals surface area contributed by atoms with E-state index in [1.807, 2.05) is 23.1 Å². The van der Waals surface area contributed by atoms with Crippen molar-refractivity contribution in [1.82, 2.24) is 14.1 Å². The van der Waals surface area contributed by atoms with Crippen molar-refractivity contribution in [3.05, 3.63) is 35.9 Å². The predicted molar refractivity (Wildman–Crippen MR) is 111 cm³/mol. The van der Waals surface area contributed by atoms with Gasteiger partial charge in [0.2, 0.25) is 15.9 Å². The van der Waals surface area contributed by atoms with E-state index < -0.39 is 21.5 Å². The minimum Gasteiger partial charge on any atom is -0.378 e. The fraction of sp³-hybridized carbons (Fsp3) is 0.619.